The van der Waals surface area contributed by atoms with Gasteiger partial charge in [0.25, 0.3) is 5.91 Å². The van der Waals surface area contributed by atoms with E-state index in [4.69, 9.17) is 4.74 Å². The quantitative estimate of drug-likeness (QED) is 0.438. The molecule has 41 heavy (non-hydrogen) atoms. The smallest absolute Gasteiger partial charge is 0.253 e. The fraction of sp³-hybridized carbons (Fsp3) is 0.412. The number of hydrogen-bond acceptors (Lipinski definition) is 6. The average Bonchev–Trinajstić information content (AvgIpc) is 3.35. The van der Waals surface area contributed by atoms with Crippen LogP contribution in [0.15, 0.2) is 60.7 Å². The molecular weight excluding hydrogens is 510 g/mol. The van der Waals surface area contributed by atoms with Gasteiger partial charge in [-0.3, -0.25) is 9.69 Å². The Morgan fingerprint density at radius 1 is 0.780 bits per heavy atom. The van der Waals surface area contributed by atoms with E-state index in [0.29, 0.717) is 11.1 Å². The largest absolute Gasteiger partial charge is 0.497 e. The van der Waals surface area contributed by atoms with Gasteiger partial charge in [-0.2, -0.15) is 5.26 Å². The molecule has 0 aromatic heterocycles. The lowest BCUT2D eigenvalue weighted by Crippen LogP contribution is -2.34. The lowest BCUT2D eigenvalue weighted by Gasteiger charge is -2.22. The van der Waals surface area contributed by atoms with Gasteiger partial charge < -0.3 is 19.4 Å². The topological polar surface area (TPSA) is 63.1 Å². The molecule has 5 rings (SSSR count). The SMILES string of the molecule is COc1ccc(-c2cc(C(=O)N3CCCN(C)CC3)ccc2-c2ccc(CN3CCCN(C)CC3)cc2C#N)cc1. The summed E-state index contributed by atoms with van der Waals surface area (Å²) in [4.78, 5) is 22.7. The van der Waals surface area contributed by atoms with Crippen LogP contribution >= 0.6 is 0 Å². The number of likely N-dealkylation sites (N-methyl/N-ethyl adjacent to an activating group) is 2. The maximum atomic E-state index is 13.6. The van der Waals surface area contributed by atoms with Crippen LogP contribution in [0.2, 0.25) is 0 Å². The molecule has 7 nitrogen and oxygen atoms in total. The first-order chi connectivity index (χ1) is 19.9. The fourth-order valence-electron chi connectivity index (χ4n) is 5.89. The molecule has 2 aliphatic rings. The molecule has 3 aromatic carbocycles. The fourth-order valence-corrected chi connectivity index (χ4v) is 5.89. The van der Waals surface area contributed by atoms with Crippen LogP contribution in [-0.2, 0) is 6.54 Å². The van der Waals surface area contributed by atoms with Crippen LogP contribution in [0.1, 0.15) is 34.3 Å². The monoisotopic (exact) mass is 551 g/mol. The molecule has 0 N–H and O–H groups in total. The number of nitriles is 1. The van der Waals surface area contributed by atoms with Crippen molar-refractivity contribution < 1.29 is 9.53 Å². The van der Waals surface area contributed by atoms with Crippen molar-refractivity contribution in [1.82, 2.24) is 19.6 Å². The van der Waals surface area contributed by atoms with Gasteiger partial charge in [-0.25, -0.2) is 0 Å². The van der Waals surface area contributed by atoms with Crippen LogP contribution in [0.3, 0.4) is 0 Å². The van der Waals surface area contributed by atoms with Gasteiger partial charge >= 0.3 is 0 Å². The molecule has 214 valence electrons. The summed E-state index contributed by atoms with van der Waals surface area (Å²) in [5.74, 6) is 0.832. The molecular formula is C34H41N5O2. The van der Waals surface area contributed by atoms with Crippen molar-refractivity contribution in [2.24, 2.45) is 0 Å². The number of benzene rings is 3. The summed E-state index contributed by atoms with van der Waals surface area (Å²) in [6.07, 6.45) is 2.13. The standard InChI is InChI=1S/C34H41N5O2/c1-36-14-4-16-38(20-18-36)25-26-6-12-31(29(22-26)24-35)32-13-9-28(34(40)39-17-5-15-37(2)19-21-39)23-33(32)27-7-10-30(41-3)11-8-27/h6-13,22-23H,4-5,14-21,25H2,1-3H3. The predicted octanol–water partition coefficient (Wildman–Crippen LogP) is 4.82. The maximum absolute atomic E-state index is 13.6. The van der Waals surface area contributed by atoms with Crippen molar-refractivity contribution in [3.05, 3.63) is 77.4 Å². The molecule has 0 unspecified atom stereocenters. The van der Waals surface area contributed by atoms with Gasteiger partial charge in [-0.05, 0) is 99.2 Å². The number of carbonyl (C=O) groups is 1. The third-order valence-electron chi connectivity index (χ3n) is 8.39. The number of nitrogens with zero attached hydrogens (tertiary/aromatic N) is 5. The Bertz CT molecular complexity index is 1400. The molecule has 0 radical (unpaired) electrons. The first-order valence-corrected chi connectivity index (χ1v) is 14.7. The first kappa shape index (κ1) is 28.8. The summed E-state index contributed by atoms with van der Waals surface area (Å²) in [7, 11) is 5.94. The van der Waals surface area contributed by atoms with Crippen LogP contribution in [0.5, 0.6) is 5.75 Å². The van der Waals surface area contributed by atoms with Crippen molar-refractivity contribution in [3.63, 3.8) is 0 Å². The van der Waals surface area contributed by atoms with Gasteiger partial charge in [0.2, 0.25) is 0 Å². The van der Waals surface area contributed by atoms with Gasteiger partial charge in [0, 0.05) is 50.4 Å². The van der Waals surface area contributed by atoms with E-state index in [2.05, 4.69) is 47.0 Å². The number of carbonyl (C=O) groups excluding carboxylic acids is 1. The molecule has 2 heterocycles. The van der Waals surface area contributed by atoms with Gasteiger partial charge in [-0.15, -0.1) is 0 Å². The van der Waals surface area contributed by atoms with E-state index in [1.165, 1.54) is 0 Å². The van der Waals surface area contributed by atoms with E-state index >= 15 is 0 Å². The Balaban J connectivity index is 1.49. The molecule has 0 bridgehead atoms. The van der Waals surface area contributed by atoms with E-state index in [-0.39, 0.29) is 5.91 Å². The highest BCUT2D eigenvalue weighted by Gasteiger charge is 2.22. The van der Waals surface area contributed by atoms with Crippen LogP contribution in [0, 0.1) is 11.3 Å². The second-order valence-corrected chi connectivity index (χ2v) is 11.4. The molecule has 0 spiro atoms. The summed E-state index contributed by atoms with van der Waals surface area (Å²) in [6.45, 7) is 8.49. The number of methoxy groups -OCH3 is 1. The van der Waals surface area contributed by atoms with Gasteiger partial charge in [0.1, 0.15) is 5.75 Å². The second-order valence-electron chi connectivity index (χ2n) is 11.4. The van der Waals surface area contributed by atoms with E-state index in [1.807, 2.05) is 53.4 Å². The van der Waals surface area contributed by atoms with Crippen molar-refractivity contribution in [2.75, 3.05) is 73.6 Å². The zero-order valence-electron chi connectivity index (χ0n) is 24.6. The highest BCUT2D eigenvalue weighted by atomic mass is 16.5. The normalized spacial score (nSPS) is 17.5. The Hall–Kier alpha value is -3.70. The molecule has 7 heteroatoms. The summed E-state index contributed by atoms with van der Waals surface area (Å²) >= 11 is 0. The highest BCUT2D eigenvalue weighted by Crippen LogP contribution is 2.36. The zero-order valence-corrected chi connectivity index (χ0v) is 24.6. The van der Waals surface area contributed by atoms with Crippen molar-refractivity contribution in [3.8, 4) is 34.1 Å². The zero-order chi connectivity index (χ0) is 28.8. The molecule has 0 atom stereocenters. The van der Waals surface area contributed by atoms with Crippen molar-refractivity contribution in [2.45, 2.75) is 19.4 Å². The average molecular weight is 552 g/mol. The lowest BCUT2D eigenvalue weighted by atomic mass is 9.89. The van der Waals surface area contributed by atoms with E-state index < -0.39 is 0 Å². The maximum Gasteiger partial charge on any atom is 0.253 e. The molecule has 2 saturated heterocycles. The van der Waals surface area contributed by atoms with Crippen LogP contribution in [0.25, 0.3) is 22.3 Å². The van der Waals surface area contributed by atoms with Crippen LogP contribution in [-0.4, -0.2) is 99.1 Å². The second kappa shape index (κ2) is 13.3. The Kier molecular flexibility index (Phi) is 9.35. The summed E-state index contributed by atoms with van der Waals surface area (Å²) in [5, 5.41) is 10.2. The summed E-state index contributed by atoms with van der Waals surface area (Å²) < 4.78 is 5.39. The highest BCUT2D eigenvalue weighted by molar-refractivity contribution is 5.98. The minimum atomic E-state index is 0.0561. The van der Waals surface area contributed by atoms with Gasteiger partial charge in [-0.1, -0.05) is 30.3 Å². The Labute approximate surface area is 244 Å². The summed E-state index contributed by atoms with van der Waals surface area (Å²) in [6, 6.07) is 22.6. The molecule has 2 aliphatic heterocycles. The number of rotatable bonds is 6. The van der Waals surface area contributed by atoms with Gasteiger partial charge in [0.15, 0.2) is 0 Å². The minimum Gasteiger partial charge on any atom is -0.497 e. The van der Waals surface area contributed by atoms with E-state index in [1.54, 1.807) is 7.11 Å². The Morgan fingerprint density at radius 3 is 2.22 bits per heavy atom. The molecule has 1 amide bonds. The molecule has 0 aliphatic carbocycles. The van der Waals surface area contributed by atoms with E-state index in [9.17, 15) is 10.1 Å². The lowest BCUT2D eigenvalue weighted by molar-refractivity contribution is 0.0763. The molecule has 2 fully saturated rings. The van der Waals surface area contributed by atoms with E-state index in [0.717, 1.165) is 105 Å². The molecule has 0 saturated carbocycles. The third-order valence-corrected chi connectivity index (χ3v) is 8.39. The number of hydrogen-bond donors (Lipinski definition) is 0. The summed E-state index contributed by atoms with van der Waals surface area (Å²) in [5.41, 5.74) is 6.22. The minimum absolute atomic E-state index is 0.0561. The Morgan fingerprint density at radius 2 is 1.49 bits per heavy atom. The third kappa shape index (κ3) is 6.97. The molecule has 3 aromatic rings. The van der Waals surface area contributed by atoms with Crippen molar-refractivity contribution >= 4 is 5.91 Å². The number of ether oxygens (including phenoxy) is 1. The number of amides is 1. The predicted molar refractivity (Wildman–Crippen MR) is 164 cm³/mol. The van der Waals surface area contributed by atoms with Crippen LogP contribution < -0.4 is 4.74 Å². The van der Waals surface area contributed by atoms with Crippen molar-refractivity contribution in [1.29, 1.82) is 5.26 Å². The van der Waals surface area contributed by atoms with Crippen LogP contribution in [0.4, 0.5) is 0 Å². The van der Waals surface area contributed by atoms with Gasteiger partial charge in [0.05, 0.1) is 18.7 Å². The first-order valence-electron chi connectivity index (χ1n) is 14.7.